The standard InChI is InChI=1S/C15H17N3O2S2/c1-18-8-9-21-15-6-5-13(10-14(15)18)22(19,20)17-11-12-4-2-3-7-16-12/h2-7,10,17H,8-9,11H2,1H3. The van der Waals surface area contributed by atoms with Crippen LogP contribution in [0.15, 0.2) is 52.4 Å². The molecule has 2 aromatic rings. The molecule has 0 bridgehead atoms. The summed E-state index contributed by atoms with van der Waals surface area (Å²) in [5.74, 6) is 1.02. The van der Waals surface area contributed by atoms with Crippen LogP contribution in [0, 0.1) is 0 Å². The van der Waals surface area contributed by atoms with Crippen molar-refractivity contribution in [2.75, 3.05) is 24.2 Å². The molecule has 22 heavy (non-hydrogen) atoms. The van der Waals surface area contributed by atoms with Gasteiger partial charge in [0, 0.05) is 30.4 Å². The third-order valence-corrected chi connectivity index (χ3v) is 5.95. The summed E-state index contributed by atoms with van der Waals surface area (Å²) in [4.78, 5) is 7.62. The Kier molecular flexibility index (Phi) is 4.37. The van der Waals surface area contributed by atoms with Gasteiger partial charge in [0.2, 0.25) is 10.0 Å². The smallest absolute Gasteiger partial charge is 0.240 e. The van der Waals surface area contributed by atoms with Crippen LogP contribution in [-0.2, 0) is 16.6 Å². The van der Waals surface area contributed by atoms with Gasteiger partial charge in [-0.2, -0.15) is 0 Å². The average Bonchev–Trinajstić information content (AvgIpc) is 2.54. The highest BCUT2D eigenvalue weighted by atomic mass is 32.2. The molecule has 7 heteroatoms. The number of fused-ring (bicyclic) bond motifs is 1. The number of hydrogen-bond donors (Lipinski definition) is 1. The minimum absolute atomic E-state index is 0.185. The van der Waals surface area contributed by atoms with E-state index in [1.807, 2.05) is 19.2 Å². The van der Waals surface area contributed by atoms with Crippen molar-refractivity contribution in [3.63, 3.8) is 0 Å². The van der Waals surface area contributed by atoms with E-state index in [9.17, 15) is 8.42 Å². The molecule has 1 aliphatic heterocycles. The number of thioether (sulfide) groups is 1. The highest BCUT2D eigenvalue weighted by molar-refractivity contribution is 7.99. The Morgan fingerprint density at radius 2 is 2.18 bits per heavy atom. The van der Waals surface area contributed by atoms with E-state index in [0.29, 0.717) is 5.69 Å². The lowest BCUT2D eigenvalue weighted by molar-refractivity contribution is 0.580. The van der Waals surface area contributed by atoms with Gasteiger partial charge in [-0.25, -0.2) is 13.1 Å². The van der Waals surface area contributed by atoms with E-state index in [0.717, 1.165) is 22.9 Å². The Morgan fingerprint density at radius 3 is 2.95 bits per heavy atom. The molecule has 2 heterocycles. The zero-order valence-electron chi connectivity index (χ0n) is 12.2. The third-order valence-electron chi connectivity index (χ3n) is 3.51. The highest BCUT2D eigenvalue weighted by Crippen LogP contribution is 2.35. The quantitative estimate of drug-likeness (QED) is 0.927. The van der Waals surface area contributed by atoms with E-state index in [-0.39, 0.29) is 11.4 Å². The van der Waals surface area contributed by atoms with Gasteiger partial charge >= 0.3 is 0 Å². The molecular formula is C15H17N3O2S2. The largest absolute Gasteiger partial charge is 0.373 e. The summed E-state index contributed by atoms with van der Waals surface area (Å²) in [5.41, 5.74) is 1.66. The summed E-state index contributed by atoms with van der Waals surface area (Å²) < 4.78 is 27.5. The molecule has 0 radical (unpaired) electrons. The first-order chi connectivity index (χ1) is 10.6. The molecule has 0 unspecified atom stereocenters. The molecule has 3 rings (SSSR count). The van der Waals surface area contributed by atoms with Crippen molar-refractivity contribution in [2.24, 2.45) is 0 Å². The SMILES string of the molecule is CN1CCSc2ccc(S(=O)(=O)NCc3ccccn3)cc21. The lowest BCUT2D eigenvalue weighted by atomic mass is 10.3. The van der Waals surface area contributed by atoms with Crippen molar-refractivity contribution in [3.8, 4) is 0 Å². The lowest BCUT2D eigenvalue weighted by Crippen LogP contribution is -2.26. The summed E-state index contributed by atoms with van der Waals surface area (Å²) in [6.07, 6.45) is 1.65. The predicted octanol–water partition coefficient (Wildman–Crippen LogP) is 2.10. The van der Waals surface area contributed by atoms with Gasteiger partial charge < -0.3 is 4.90 Å². The van der Waals surface area contributed by atoms with E-state index in [1.54, 1.807) is 42.2 Å². The summed E-state index contributed by atoms with van der Waals surface area (Å²) in [6, 6.07) is 10.7. The van der Waals surface area contributed by atoms with Crippen molar-refractivity contribution >= 4 is 27.5 Å². The van der Waals surface area contributed by atoms with Gasteiger partial charge in [0.25, 0.3) is 0 Å². The first kappa shape index (κ1) is 15.3. The maximum absolute atomic E-state index is 12.4. The van der Waals surface area contributed by atoms with Crippen LogP contribution in [0.25, 0.3) is 0 Å². The van der Waals surface area contributed by atoms with Crippen molar-refractivity contribution in [1.82, 2.24) is 9.71 Å². The first-order valence-corrected chi connectivity index (χ1v) is 9.41. The van der Waals surface area contributed by atoms with Crippen LogP contribution in [0.2, 0.25) is 0 Å². The minimum Gasteiger partial charge on any atom is -0.373 e. The number of rotatable bonds is 4. The fourth-order valence-electron chi connectivity index (χ4n) is 2.25. The molecular weight excluding hydrogens is 318 g/mol. The van der Waals surface area contributed by atoms with E-state index in [2.05, 4.69) is 14.6 Å². The Hall–Kier alpha value is -1.57. The molecule has 0 aliphatic carbocycles. The number of benzene rings is 1. The zero-order valence-corrected chi connectivity index (χ0v) is 13.8. The maximum Gasteiger partial charge on any atom is 0.240 e. The molecule has 116 valence electrons. The van der Waals surface area contributed by atoms with Gasteiger partial charge in [-0.05, 0) is 30.3 Å². The van der Waals surface area contributed by atoms with Crippen molar-refractivity contribution in [3.05, 3.63) is 48.3 Å². The van der Waals surface area contributed by atoms with E-state index < -0.39 is 10.0 Å². The second-order valence-electron chi connectivity index (χ2n) is 5.05. The molecule has 5 nitrogen and oxygen atoms in total. The summed E-state index contributed by atoms with van der Waals surface area (Å²) >= 11 is 1.76. The van der Waals surface area contributed by atoms with Crippen LogP contribution in [-0.4, -0.2) is 32.7 Å². The molecule has 1 aromatic heterocycles. The normalized spacial score (nSPS) is 14.7. The van der Waals surface area contributed by atoms with Crippen molar-refractivity contribution in [2.45, 2.75) is 16.3 Å². The minimum atomic E-state index is -3.54. The first-order valence-electron chi connectivity index (χ1n) is 6.94. The van der Waals surface area contributed by atoms with Crippen molar-refractivity contribution in [1.29, 1.82) is 0 Å². The van der Waals surface area contributed by atoms with Crippen LogP contribution in [0.1, 0.15) is 5.69 Å². The Bertz CT molecular complexity index is 764. The molecule has 0 spiro atoms. The monoisotopic (exact) mass is 335 g/mol. The molecule has 0 amide bonds. The molecule has 0 atom stereocenters. The number of hydrogen-bond acceptors (Lipinski definition) is 5. The number of pyridine rings is 1. The van der Waals surface area contributed by atoms with Crippen LogP contribution >= 0.6 is 11.8 Å². The van der Waals surface area contributed by atoms with Gasteiger partial charge in [0.1, 0.15) is 0 Å². The fraction of sp³-hybridized carbons (Fsp3) is 0.267. The van der Waals surface area contributed by atoms with Crippen molar-refractivity contribution < 1.29 is 8.42 Å². The van der Waals surface area contributed by atoms with Crippen LogP contribution < -0.4 is 9.62 Å². The molecule has 0 fully saturated rings. The van der Waals surface area contributed by atoms with Gasteiger partial charge in [-0.1, -0.05) is 6.07 Å². The van der Waals surface area contributed by atoms with Gasteiger partial charge in [-0.15, -0.1) is 11.8 Å². The second-order valence-corrected chi connectivity index (χ2v) is 7.95. The highest BCUT2D eigenvalue weighted by Gasteiger charge is 2.20. The Labute approximate surface area is 134 Å². The summed E-state index contributed by atoms with van der Waals surface area (Å²) in [7, 11) is -1.56. The average molecular weight is 335 g/mol. The summed E-state index contributed by atoms with van der Waals surface area (Å²) in [5, 5.41) is 0. The van der Waals surface area contributed by atoms with Crippen LogP contribution in [0.5, 0.6) is 0 Å². The molecule has 0 saturated carbocycles. The number of anilines is 1. The predicted molar refractivity (Wildman–Crippen MR) is 88.7 cm³/mol. The number of nitrogens with one attached hydrogen (secondary N) is 1. The van der Waals surface area contributed by atoms with Crippen LogP contribution in [0.3, 0.4) is 0 Å². The molecule has 1 aromatic carbocycles. The lowest BCUT2D eigenvalue weighted by Gasteiger charge is -2.27. The van der Waals surface area contributed by atoms with Crippen LogP contribution in [0.4, 0.5) is 5.69 Å². The third kappa shape index (κ3) is 3.26. The van der Waals surface area contributed by atoms with Gasteiger partial charge in [0.05, 0.1) is 22.8 Å². The maximum atomic E-state index is 12.4. The van der Waals surface area contributed by atoms with E-state index in [1.165, 1.54) is 0 Å². The molecule has 1 aliphatic rings. The topological polar surface area (TPSA) is 62.3 Å². The number of aromatic nitrogens is 1. The number of sulfonamides is 1. The second kappa shape index (κ2) is 6.28. The van der Waals surface area contributed by atoms with Gasteiger partial charge in [0.15, 0.2) is 0 Å². The Balaban J connectivity index is 1.82. The fourth-order valence-corrected chi connectivity index (χ4v) is 4.38. The molecule has 1 N–H and O–H groups in total. The van der Waals surface area contributed by atoms with E-state index >= 15 is 0 Å². The Morgan fingerprint density at radius 1 is 1.32 bits per heavy atom. The van der Waals surface area contributed by atoms with Gasteiger partial charge in [-0.3, -0.25) is 4.98 Å². The zero-order chi connectivity index (χ0) is 15.6. The number of nitrogens with zero attached hydrogens (tertiary/aromatic N) is 2. The summed E-state index contributed by atoms with van der Waals surface area (Å²) in [6.45, 7) is 1.10. The van der Waals surface area contributed by atoms with E-state index in [4.69, 9.17) is 0 Å². The molecule has 0 saturated heterocycles.